The van der Waals surface area contributed by atoms with E-state index in [1.54, 1.807) is 11.3 Å². The van der Waals surface area contributed by atoms with Crippen LogP contribution in [0.4, 0.5) is 0 Å². The first-order chi connectivity index (χ1) is 7.68. The molecule has 2 aromatic heterocycles. The quantitative estimate of drug-likeness (QED) is 0.885. The van der Waals surface area contributed by atoms with Gasteiger partial charge in [-0.2, -0.15) is 11.3 Å². The predicted octanol–water partition coefficient (Wildman–Crippen LogP) is 3.20. The van der Waals surface area contributed by atoms with E-state index in [2.05, 4.69) is 34.2 Å². The van der Waals surface area contributed by atoms with Crippen molar-refractivity contribution < 1.29 is 4.52 Å². The van der Waals surface area contributed by atoms with Crippen molar-refractivity contribution in [2.24, 2.45) is 0 Å². The minimum Gasteiger partial charge on any atom is -0.361 e. The van der Waals surface area contributed by atoms with Crippen LogP contribution in [0.3, 0.4) is 0 Å². The van der Waals surface area contributed by atoms with E-state index in [1.165, 1.54) is 11.1 Å². The molecule has 1 unspecified atom stereocenters. The average Bonchev–Trinajstić information content (AvgIpc) is 2.87. The smallest absolute Gasteiger partial charge is 0.138 e. The Bertz CT molecular complexity index is 428. The Balaban J connectivity index is 1.98. The molecule has 0 saturated heterocycles. The minimum absolute atomic E-state index is 0.361. The van der Waals surface area contributed by atoms with Crippen molar-refractivity contribution in [3.05, 3.63) is 39.4 Å². The normalized spacial score (nSPS) is 12.9. The van der Waals surface area contributed by atoms with Gasteiger partial charge in [0.25, 0.3) is 0 Å². The monoisotopic (exact) mass is 236 g/mol. The van der Waals surface area contributed by atoms with Crippen molar-refractivity contribution in [3.63, 3.8) is 0 Å². The Hall–Kier alpha value is -1.13. The Labute approximate surface area is 99.5 Å². The number of nitrogens with one attached hydrogen (secondary N) is 1. The van der Waals surface area contributed by atoms with Crippen LogP contribution in [-0.4, -0.2) is 5.16 Å². The molecule has 0 aliphatic carbocycles. The molecular formula is C12H16N2OS. The third-order valence-corrected chi connectivity index (χ3v) is 3.51. The van der Waals surface area contributed by atoms with Gasteiger partial charge in [0.15, 0.2) is 0 Å². The summed E-state index contributed by atoms with van der Waals surface area (Å²) in [5.74, 6) is 0.905. The third kappa shape index (κ3) is 2.33. The van der Waals surface area contributed by atoms with Gasteiger partial charge in [0.2, 0.25) is 0 Å². The summed E-state index contributed by atoms with van der Waals surface area (Å²) in [4.78, 5) is 0. The lowest BCUT2D eigenvalue weighted by Gasteiger charge is -2.11. The molecule has 2 aromatic rings. The molecule has 16 heavy (non-hydrogen) atoms. The third-order valence-electron chi connectivity index (χ3n) is 2.81. The number of hydrogen-bond donors (Lipinski definition) is 1. The number of rotatable bonds is 4. The number of hydrogen-bond acceptors (Lipinski definition) is 4. The highest BCUT2D eigenvalue weighted by Gasteiger charge is 2.11. The maximum Gasteiger partial charge on any atom is 0.138 e. The van der Waals surface area contributed by atoms with Crippen molar-refractivity contribution in [3.8, 4) is 0 Å². The minimum atomic E-state index is 0.361. The summed E-state index contributed by atoms with van der Waals surface area (Å²) in [6, 6.07) is 2.51. The molecule has 0 amide bonds. The van der Waals surface area contributed by atoms with Gasteiger partial charge in [0.05, 0.1) is 5.69 Å². The number of aromatic nitrogens is 1. The van der Waals surface area contributed by atoms with Gasteiger partial charge < -0.3 is 9.84 Å². The molecular weight excluding hydrogens is 220 g/mol. The van der Waals surface area contributed by atoms with E-state index in [0.29, 0.717) is 6.04 Å². The van der Waals surface area contributed by atoms with E-state index in [9.17, 15) is 0 Å². The standard InChI is InChI=1S/C12H16N2OS/c1-8(11-4-5-16-7-11)13-6-12-9(2)14-15-10(12)3/h4-5,7-8,13H,6H2,1-3H3. The summed E-state index contributed by atoms with van der Waals surface area (Å²) in [5.41, 5.74) is 3.47. The van der Waals surface area contributed by atoms with E-state index in [4.69, 9.17) is 4.52 Å². The molecule has 0 aromatic carbocycles. The van der Waals surface area contributed by atoms with Crippen LogP contribution in [0.5, 0.6) is 0 Å². The molecule has 0 saturated carbocycles. The highest BCUT2D eigenvalue weighted by Crippen LogP contribution is 2.18. The Morgan fingerprint density at radius 3 is 2.88 bits per heavy atom. The van der Waals surface area contributed by atoms with Crippen LogP contribution in [0.15, 0.2) is 21.3 Å². The van der Waals surface area contributed by atoms with Gasteiger partial charge in [-0.05, 0) is 43.2 Å². The Morgan fingerprint density at radius 2 is 2.31 bits per heavy atom. The molecule has 0 fully saturated rings. The van der Waals surface area contributed by atoms with Crippen LogP contribution in [-0.2, 0) is 6.54 Å². The van der Waals surface area contributed by atoms with Gasteiger partial charge in [0.1, 0.15) is 5.76 Å². The first kappa shape index (κ1) is 11.4. The molecule has 1 N–H and O–H groups in total. The van der Waals surface area contributed by atoms with Gasteiger partial charge >= 0.3 is 0 Å². The number of thiophene rings is 1. The van der Waals surface area contributed by atoms with Gasteiger partial charge in [-0.1, -0.05) is 5.16 Å². The molecule has 0 aliphatic heterocycles. The summed E-state index contributed by atoms with van der Waals surface area (Å²) < 4.78 is 5.13. The van der Waals surface area contributed by atoms with E-state index >= 15 is 0 Å². The van der Waals surface area contributed by atoms with Crippen molar-refractivity contribution in [2.75, 3.05) is 0 Å². The molecule has 0 radical (unpaired) electrons. The van der Waals surface area contributed by atoms with E-state index in [1.807, 2.05) is 13.8 Å². The maximum atomic E-state index is 5.13. The average molecular weight is 236 g/mol. The van der Waals surface area contributed by atoms with Crippen LogP contribution >= 0.6 is 11.3 Å². The second kappa shape index (κ2) is 4.80. The van der Waals surface area contributed by atoms with Crippen LogP contribution in [0.2, 0.25) is 0 Å². The molecule has 1 atom stereocenters. The summed E-state index contributed by atoms with van der Waals surface area (Å²) in [7, 11) is 0. The first-order valence-electron chi connectivity index (χ1n) is 5.35. The van der Waals surface area contributed by atoms with Crippen LogP contribution in [0.25, 0.3) is 0 Å². The SMILES string of the molecule is Cc1noc(C)c1CNC(C)c1ccsc1. The van der Waals surface area contributed by atoms with E-state index < -0.39 is 0 Å². The van der Waals surface area contributed by atoms with E-state index in [0.717, 1.165) is 18.0 Å². The zero-order valence-corrected chi connectivity index (χ0v) is 10.6. The van der Waals surface area contributed by atoms with Crippen molar-refractivity contribution in [1.82, 2.24) is 10.5 Å². The second-order valence-electron chi connectivity index (χ2n) is 3.96. The van der Waals surface area contributed by atoms with Crippen molar-refractivity contribution in [2.45, 2.75) is 33.4 Å². The molecule has 3 nitrogen and oxygen atoms in total. The predicted molar refractivity (Wildman–Crippen MR) is 65.6 cm³/mol. The first-order valence-corrected chi connectivity index (χ1v) is 6.30. The Morgan fingerprint density at radius 1 is 1.50 bits per heavy atom. The van der Waals surface area contributed by atoms with Crippen molar-refractivity contribution in [1.29, 1.82) is 0 Å². The number of aryl methyl sites for hydroxylation is 2. The molecule has 2 heterocycles. The molecule has 0 aliphatic rings. The maximum absolute atomic E-state index is 5.13. The summed E-state index contributed by atoms with van der Waals surface area (Å²) in [6.07, 6.45) is 0. The molecule has 2 rings (SSSR count). The fraction of sp³-hybridized carbons (Fsp3) is 0.417. The fourth-order valence-corrected chi connectivity index (χ4v) is 2.40. The van der Waals surface area contributed by atoms with Crippen LogP contribution < -0.4 is 5.32 Å². The van der Waals surface area contributed by atoms with E-state index in [-0.39, 0.29) is 0 Å². The van der Waals surface area contributed by atoms with Gasteiger partial charge in [0, 0.05) is 18.2 Å². The zero-order chi connectivity index (χ0) is 11.5. The summed E-state index contributed by atoms with van der Waals surface area (Å²) in [5, 5.41) is 11.7. The van der Waals surface area contributed by atoms with Crippen LogP contribution in [0, 0.1) is 13.8 Å². The zero-order valence-electron chi connectivity index (χ0n) is 9.78. The number of nitrogens with zero attached hydrogens (tertiary/aromatic N) is 1. The lowest BCUT2D eigenvalue weighted by atomic mass is 10.1. The van der Waals surface area contributed by atoms with Gasteiger partial charge in [-0.15, -0.1) is 0 Å². The van der Waals surface area contributed by atoms with Crippen molar-refractivity contribution >= 4 is 11.3 Å². The lowest BCUT2D eigenvalue weighted by Crippen LogP contribution is -2.18. The lowest BCUT2D eigenvalue weighted by molar-refractivity contribution is 0.391. The highest BCUT2D eigenvalue weighted by atomic mass is 32.1. The topological polar surface area (TPSA) is 38.1 Å². The van der Waals surface area contributed by atoms with Crippen LogP contribution in [0.1, 0.15) is 35.5 Å². The van der Waals surface area contributed by atoms with Gasteiger partial charge in [-0.25, -0.2) is 0 Å². The Kier molecular flexibility index (Phi) is 3.41. The summed E-state index contributed by atoms with van der Waals surface area (Å²) in [6.45, 7) is 6.90. The molecule has 0 bridgehead atoms. The molecule has 86 valence electrons. The largest absolute Gasteiger partial charge is 0.361 e. The second-order valence-corrected chi connectivity index (χ2v) is 4.74. The molecule has 4 heteroatoms. The highest BCUT2D eigenvalue weighted by molar-refractivity contribution is 7.07. The van der Waals surface area contributed by atoms with Gasteiger partial charge in [-0.3, -0.25) is 0 Å². The molecule has 0 spiro atoms. The summed E-state index contributed by atoms with van der Waals surface area (Å²) >= 11 is 1.73. The fourth-order valence-electron chi connectivity index (χ4n) is 1.65.